The number of nitriles is 1. The predicted molar refractivity (Wildman–Crippen MR) is 63.6 cm³/mol. The van der Waals surface area contributed by atoms with Gasteiger partial charge in [-0.2, -0.15) is 5.26 Å². The van der Waals surface area contributed by atoms with Crippen LogP contribution in [0.15, 0.2) is 0 Å². The summed E-state index contributed by atoms with van der Waals surface area (Å²) in [5.74, 6) is 0.182. The van der Waals surface area contributed by atoms with E-state index in [9.17, 15) is 4.79 Å². The van der Waals surface area contributed by atoms with E-state index in [0.717, 1.165) is 25.7 Å². The average molecular weight is 222 g/mol. The third kappa shape index (κ3) is 4.22. The van der Waals surface area contributed by atoms with Crippen molar-refractivity contribution in [2.24, 2.45) is 5.92 Å². The second-order valence-electron chi connectivity index (χ2n) is 5.27. The summed E-state index contributed by atoms with van der Waals surface area (Å²) in [6.45, 7) is 3.49. The molecular weight excluding hydrogens is 200 g/mol. The standard InChI is InChI=1S/C13H22N2O/c1-13(2,10-14)15-12(16)11-8-6-4-3-5-7-9-11/h11H,3-9H2,1-2H3,(H,15,16). The molecule has 0 aliphatic heterocycles. The van der Waals surface area contributed by atoms with Crippen molar-refractivity contribution in [1.29, 1.82) is 5.26 Å². The molecule has 0 unspecified atom stereocenters. The zero-order valence-corrected chi connectivity index (χ0v) is 10.4. The monoisotopic (exact) mass is 222 g/mol. The number of rotatable bonds is 2. The summed E-state index contributed by atoms with van der Waals surface area (Å²) < 4.78 is 0. The molecule has 1 aliphatic rings. The van der Waals surface area contributed by atoms with Crippen LogP contribution >= 0.6 is 0 Å². The van der Waals surface area contributed by atoms with Gasteiger partial charge in [-0.15, -0.1) is 0 Å². The van der Waals surface area contributed by atoms with Gasteiger partial charge in [-0.3, -0.25) is 4.79 Å². The fraction of sp³-hybridized carbons (Fsp3) is 0.846. The van der Waals surface area contributed by atoms with E-state index in [1.54, 1.807) is 13.8 Å². The van der Waals surface area contributed by atoms with E-state index in [4.69, 9.17) is 5.26 Å². The number of nitrogens with one attached hydrogen (secondary N) is 1. The van der Waals surface area contributed by atoms with Crippen molar-refractivity contribution in [1.82, 2.24) is 5.32 Å². The van der Waals surface area contributed by atoms with E-state index >= 15 is 0 Å². The number of carbonyl (C=O) groups is 1. The fourth-order valence-corrected chi connectivity index (χ4v) is 2.16. The van der Waals surface area contributed by atoms with E-state index in [1.165, 1.54) is 19.3 Å². The van der Waals surface area contributed by atoms with Crippen molar-refractivity contribution in [3.05, 3.63) is 0 Å². The van der Waals surface area contributed by atoms with E-state index in [-0.39, 0.29) is 11.8 Å². The maximum atomic E-state index is 12.0. The SMILES string of the molecule is CC(C)(C#N)NC(=O)C1CCCCCCC1. The summed E-state index contributed by atoms with van der Waals surface area (Å²) in [6.07, 6.45) is 8.03. The van der Waals surface area contributed by atoms with E-state index < -0.39 is 5.54 Å². The lowest BCUT2D eigenvalue weighted by Crippen LogP contribution is -2.45. The van der Waals surface area contributed by atoms with Crippen LogP contribution in [0.5, 0.6) is 0 Å². The Kier molecular flexibility index (Phi) is 4.79. The lowest BCUT2D eigenvalue weighted by molar-refractivity contribution is -0.126. The van der Waals surface area contributed by atoms with Gasteiger partial charge in [0.1, 0.15) is 5.54 Å². The Labute approximate surface area is 98.2 Å². The molecule has 16 heavy (non-hydrogen) atoms. The molecule has 1 rings (SSSR count). The fourth-order valence-electron chi connectivity index (χ4n) is 2.16. The zero-order valence-electron chi connectivity index (χ0n) is 10.4. The van der Waals surface area contributed by atoms with Crippen LogP contribution < -0.4 is 5.32 Å². The molecule has 1 saturated carbocycles. The minimum atomic E-state index is -0.737. The Morgan fingerprint density at radius 1 is 1.19 bits per heavy atom. The molecule has 0 heterocycles. The van der Waals surface area contributed by atoms with Gasteiger partial charge in [0.2, 0.25) is 5.91 Å². The summed E-state index contributed by atoms with van der Waals surface area (Å²) >= 11 is 0. The number of carbonyl (C=O) groups excluding carboxylic acids is 1. The second-order valence-corrected chi connectivity index (χ2v) is 5.27. The van der Waals surface area contributed by atoms with Crippen LogP contribution in [0.1, 0.15) is 58.8 Å². The second kappa shape index (κ2) is 5.89. The highest BCUT2D eigenvalue weighted by Crippen LogP contribution is 2.22. The first-order valence-electron chi connectivity index (χ1n) is 6.28. The molecule has 1 fully saturated rings. The van der Waals surface area contributed by atoms with Crippen molar-refractivity contribution < 1.29 is 4.79 Å². The molecule has 90 valence electrons. The molecule has 0 bridgehead atoms. The van der Waals surface area contributed by atoms with Gasteiger partial charge < -0.3 is 5.32 Å². The van der Waals surface area contributed by atoms with Gasteiger partial charge in [-0.25, -0.2) is 0 Å². The number of amides is 1. The van der Waals surface area contributed by atoms with Crippen molar-refractivity contribution in [2.75, 3.05) is 0 Å². The Bertz CT molecular complexity index is 270. The molecule has 0 aromatic rings. The first kappa shape index (κ1) is 13.0. The zero-order chi connectivity index (χ0) is 12.0. The number of hydrogen-bond acceptors (Lipinski definition) is 2. The van der Waals surface area contributed by atoms with Gasteiger partial charge in [0, 0.05) is 5.92 Å². The predicted octanol–water partition coefficient (Wildman–Crippen LogP) is 2.77. The lowest BCUT2D eigenvalue weighted by atomic mass is 9.90. The molecule has 0 aromatic heterocycles. The molecule has 1 amide bonds. The summed E-state index contributed by atoms with van der Waals surface area (Å²) in [7, 11) is 0. The van der Waals surface area contributed by atoms with Crippen molar-refractivity contribution >= 4 is 5.91 Å². The summed E-state index contributed by atoms with van der Waals surface area (Å²) in [5, 5.41) is 11.7. The van der Waals surface area contributed by atoms with Crippen LogP contribution in [-0.4, -0.2) is 11.4 Å². The highest BCUT2D eigenvalue weighted by molar-refractivity contribution is 5.79. The minimum absolute atomic E-state index is 0.0634. The van der Waals surface area contributed by atoms with Gasteiger partial charge in [0.05, 0.1) is 6.07 Å². The first-order chi connectivity index (χ1) is 7.55. The van der Waals surface area contributed by atoms with Gasteiger partial charge in [0.25, 0.3) is 0 Å². The molecule has 0 atom stereocenters. The van der Waals surface area contributed by atoms with Gasteiger partial charge in [-0.1, -0.05) is 32.1 Å². The van der Waals surface area contributed by atoms with Crippen LogP contribution in [0.4, 0.5) is 0 Å². The Morgan fingerprint density at radius 2 is 1.69 bits per heavy atom. The smallest absolute Gasteiger partial charge is 0.224 e. The van der Waals surface area contributed by atoms with Crippen LogP contribution in [0.3, 0.4) is 0 Å². The Balaban J connectivity index is 2.48. The van der Waals surface area contributed by atoms with Crippen LogP contribution in [0.2, 0.25) is 0 Å². The number of hydrogen-bond donors (Lipinski definition) is 1. The molecule has 1 aliphatic carbocycles. The molecule has 1 N–H and O–H groups in total. The molecule has 3 heteroatoms. The Morgan fingerprint density at radius 3 is 2.19 bits per heavy atom. The lowest BCUT2D eigenvalue weighted by Gasteiger charge is -2.24. The first-order valence-corrected chi connectivity index (χ1v) is 6.28. The van der Waals surface area contributed by atoms with E-state index in [0.29, 0.717) is 0 Å². The molecule has 0 aromatic carbocycles. The molecule has 0 radical (unpaired) electrons. The minimum Gasteiger partial charge on any atom is -0.338 e. The third-order valence-electron chi connectivity index (χ3n) is 3.19. The van der Waals surface area contributed by atoms with E-state index in [2.05, 4.69) is 11.4 Å². The van der Waals surface area contributed by atoms with Gasteiger partial charge >= 0.3 is 0 Å². The van der Waals surface area contributed by atoms with Crippen LogP contribution in [-0.2, 0) is 4.79 Å². The average Bonchev–Trinajstić information content (AvgIpc) is 2.16. The number of nitrogens with zero attached hydrogens (tertiary/aromatic N) is 1. The van der Waals surface area contributed by atoms with E-state index in [1.807, 2.05) is 0 Å². The molecule has 0 spiro atoms. The highest BCUT2D eigenvalue weighted by Gasteiger charge is 2.25. The maximum absolute atomic E-state index is 12.0. The molecule has 0 saturated heterocycles. The molecular formula is C13H22N2O. The van der Waals surface area contributed by atoms with Crippen molar-refractivity contribution in [3.8, 4) is 6.07 Å². The quantitative estimate of drug-likeness (QED) is 0.781. The summed E-state index contributed by atoms with van der Waals surface area (Å²) in [4.78, 5) is 12.0. The van der Waals surface area contributed by atoms with Crippen LogP contribution in [0, 0.1) is 17.2 Å². The third-order valence-corrected chi connectivity index (χ3v) is 3.19. The van der Waals surface area contributed by atoms with Crippen LogP contribution in [0.25, 0.3) is 0 Å². The van der Waals surface area contributed by atoms with Gasteiger partial charge in [0.15, 0.2) is 0 Å². The Hall–Kier alpha value is -1.04. The van der Waals surface area contributed by atoms with Crippen molar-refractivity contribution in [3.63, 3.8) is 0 Å². The normalized spacial score (nSPS) is 19.3. The highest BCUT2D eigenvalue weighted by atomic mass is 16.2. The summed E-state index contributed by atoms with van der Waals surface area (Å²) in [6, 6.07) is 2.11. The largest absolute Gasteiger partial charge is 0.338 e. The summed E-state index contributed by atoms with van der Waals surface area (Å²) in [5.41, 5.74) is -0.737. The maximum Gasteiger partial charge on any atom is 0.224 e. The van der Waals surface area contributed by atoms with Gasteiger partial charge in [-0.05, 0) is 26.7 Å². The topological polar surface area (TPSA) is 52.9 Å². The molecule has 3 nitrogen and oxygen atoms in total. The van der Waals surface area contributed by atoms with Crippen molar-refractivity contribution in [2.45, 2.75) is 64.3 Å².